The highest BCUT2D eigenvalue weighted by atomic mass is 16.1. The van der Waals surface area contributed by atoms with Gasteiger partial charge in [-0.25, -0.2) is 0 Å². The molecular weight excluding hydrogens is 266 g/mol. The first kappa shape index (κ1) is 13.1. The summed E-state index contributed by atoms with van der Waals surface area (Å²) in [5.41, 5.74) is 1.17. The molecule has 0 saturated heterocycles. The van der Waals surface area contributed by atoms with Crippen LogP contribution in [0.1, 0.15) is 15.9 Å². The Kier molecular flexibility index (Phi) is 3.47. The number of aromatic nitrogens is 2. The highest BCUT2D eigenvalue weighted by molar-refractivity contribution is 6.06. The van der Waals surface area contributed by atoms with Crippen LogP contribution in [0.4, 0.5) is 0 Å². The van der Waals surface area contributed by atoms with Crippen molar-refractivity contribution in [3.8, 4) is 0 Å². The molecule has 0 atom stereocenters. The van der Waals surface area contributed by atoms with Crippen molar-refractivity contribution in [2.24, 2.45) is 0 Å². The van der Waals surface area contributed by atoms with Crippen LogP contribution in [0.2, 0.25) is 0 Å². The van der Waals surface area contributed by atoms with Crippen LogP contribution in [-0.4, -0.2) is 15.9 Å². The molecule has 0 aliphatic heterocycles. The Hall–Kier alpha value is -2.95. The fourth-order valence-corrected chi connectivity index (χ4v) is 2.18. The molecule has 3 rings (SSSR count). The Morgan fingerprint density at radius 3 is 2.71 bits per heavy atom. The van der Waals surface area contributed by atoms with Gasteiger partial charge in [-0.1, -0.05) is 24.3 Å². The highest BCUT2D eigenvalue weighted by Crippen LogP contribution is 2.14. The second-order valence-corrected chi connectivity index (χ2v) is 4.62. The normalized spacial score (nSPS) is 10.5. The number of hydrogen-bond donors (Lipinski definition) is 2. The molecule has 2 aromatic heterocycles. The minimum atomic E-state index is -0.230. The topological polar surface area (TPSA) is 74.8 Å². The molecule has 0 unspecified atom stereocenters. The van der Waals surface area contributed by atoms with Crippen LogP contribution in [0.15, 0.2) is 59.8 Å². The molecule has 2 N–H and O–H groups in total. The number of fused-ring (bicyclic) bond motifs is 1. The van der Waals surface area contributed by atoms with Crippen LogP contribution >= 0.6 is 0 Å². The Balaban J connectivity index is 1.89. The van der Waals surface area contributed by atoms with E-state index >= 15 is 0 Å². The fraction of sp³-hybridized carbons (Fsp3) is 0.0625. The minimum Gasteiger partial charge on any atom is -0.348 e. The van der Waals surface area contributed by atoms with Crippen molar-refractivity contribution in [1.29, 1.82) is 0 Å². The second kappa shape index (κ2) is 5.58. The molecule has 0 radical (unpaired) electrons. The molecule has 5 nitrogen and oxygen atoms in total. The van der Waals surface area contributed by atoms with Crippen LogP contribution in [-0.2, 0) is 6.54 Å². The zero-order chi connectivity index (χ0) is 14.7. The van der Waals surface area contributed by atoms with Crippen molar-refractivity contribution < 1.29 is 4.79 Å². The number of nitrogens with one attached hydrogen (secondary N) is 2. The summed E-state index contributed by atoms with van der Waals surface area (Å²) >= 11 is 0. The lowest BCUT2D eigenvalue weighted by atomic mass is 10.1. The number of amides is 1. The van der Waals surface area contributed by atoms with Crippen LogP contribution in [0.25, 0.3) is 10.8 Å². The first-order chi connectivity index (χ1) is 10.3. The summed E-state index contributed by atoms with van der Waals surface area (Å²) < 4.78 is 0. The molecule has 0 aliphatic rings. The van der Waals surface area contributed by atoms with E-state index in [-0.39, 0.29) is 11.5 Å². The molecule has 3 aromatic rings. The van der Waals surface area contributed by atoms with E-state index in [0.717, 1.165) is 5.56 Å². The zero-order valence-electron chi connectivity index (χ0n) is 11.2. The van der Waals surface area contributed by atoms with E-state index in [0.29, 0.717) is 22.9 Å². The largest absolute Gasteiger partial charge is 0.348 e. The highest BCUT2D eigenvalue weighted by Gasteiger charge is 2.11. The van der Waals surface area contributed by atoms with Crippen LogP contribution in [0.5, 0.6) is 0 Å². The summed E-state index contributed by atoms with van der Waals surface area (Å²) in [7, 11) is 0. The van der Waals surface area contributed by atoms with Crippen molar-refractivity contribution >= 4 is 16.7 Å². The van der Waals surface area contributed by atoms with E-state index in [1.807, 2.05) is 12.1 Å². The SMILES string of the molecule is O=C(NCc1cccnc1)c1c[nH]c(=O)c2ccccc12. The predicted molar refractivity (Wildman–Crippen MR) is 80.0 cm³/mol. The number of benzene rings is 1. The van der Waals surface area contributed by atoms with E-state index in [1.54, 1.807) is 36.7 Å². The third-order valence-corrected chi connectivity index (χ3v) is 3.23. The molecule has 0 spiro atoms. The average Bonchev–Trinajstić information content (AvgIpc) is 2.54. The van der Waals surface area contributed by atoms with Crippen LogP contribution in [0.3, 0.4) is 0 Å². The van der Waals surface area contributed by atoms with E-state index < -0.39 is 0 Å². The third-order valence-electron chi connectivity index (χ3n) is 3.23. The Morgan fingerprint density at radius 2 is 1.95 bits per heavy atom. The van der Waals surface area contributed by atoms with Gasteiger partial charge in [-0.2, -0.15) is 0 Å². The van der Waals surface area contributed by atoms with E-state index in [9.17, 15) is 9.59 Å². The molecular formula is C16H13N3O2. The number of carbonyl (C=O) groups excluding carboxylic acids is 1. The summed E-state index contributed by atoms with van der Waals surface area (Å²) in [5.74, 6) is -0.230. The quantitative estimate of drug-likeness (QED) is 0.768. The number of pyridine rings is 2. The number of aromatic amines is 1. The number of H-pyrrole nitrogens is 1. The van der Waals surface area contributed by atoms with Crippen molar-refractivity contribution in [3.05, 3.63) is 76.5 Å². The molecule has 1 amide bonds. The summed E-state index contributed by atoms with van der Waals surface area (Å²) in [6.45, 7) is 0.389. The average molecular weight is 279 g/mol. The fourth-order valence-electron chi connectivity index (χ4n) is 2.18. The van der Waals surface area contributed by atoms with Gasteiger partial charge in [-0.15, -0.1) is 0 Å². The van der Waals surface area contributed by atoms with Gasteiger partial charge in [-0.3, -0.25) is 14.6 Å². The lowest BCUT2D eigenvalue weighted by Gasteiger charge is -2.07. The summed E-state index contributed by atoms with van der Waals surface area (Å²) in [6.07, 6.45) is 4.83. The molecule has 104 valence electrons. The van der Waals surface area contributed by atoms with E-state index in [1.165, 1.54) is 6.20 Å². The predicted octanol–water partition coefficient (Wildman–Crippen LogP) is 1.85. The standard InChI is InChI=1S/C16H13N3O2/c20-15-13-6-2-1-5-12(13)14(10-19-15)16(21)18-9-11-4-3-7-17-8-11/h1-8,10H,9H2,(H,18,21)(H,19,20). The zero-order valence-corrected chi connectivity index (χ0v) is 11.2. The molecule has 0 bridgehead atoms. The van der Waals surface area contributed by atoms with E-state index in [2.05, 4.69) is 15.3 Å². The molecule has 0 fully saturated rings. The lowest BCUT2D eigenvalue weighted by Crippen LogP contribution is -2.24. The van der Waals surface area contributed by atoms with Gasteiger partial charge in [0.15, 0.2) is 0 Å². The van der Waals surface area contributed by atoms with Gasteiger partial charge in [0.25, 0.3) is 11.5 Å². The van der Waals surface area contributed by atoms with Gasteiger partial charge >= 0.3 is 0 Å². The number of hydrogen-bond acceptors (Lipinski definition) is 3. The summed E-state index contributed by atoms with van der Waals surface area (Å²) in [5, 5.41) is 3.98. The first-order valence-corrected chi connectivity index (χ1v) is 6.53. The monoisotopic (exact) mass is 279 g/mol. The minimum absolute atomic E-state index is 0.200. The summed E-state index contributed by atoms with van der Waals surface area (Å²) in [6, 6.07) is 10.7. The molecule has 0 saturated carbocycles. The van der Waals surface area contributed by atoms with Gasteiger partial charge in [0, 0.05) is 35.9 Å². The van der Waals surface area contributed by atoms with Gasteiger partial charge in [0.2, 0.25) is 0 Å². The van der Waals surface area contributed by atoms with E-state index in [4.69, 9.17) is 0 Å². The maximum atomic E-state index is 12.3. The van der Waals surface area contributed by atoms with Crippen LogP contribution in [0, 0.1) is 0 Å². The summed E-state index contributed by atoms with van der Waals surface area (Å²) in [4.78, 5) is 30.6. The van der Waals surface area contributed by atoms with Crippen molar-refractivity contribution in [3.63, 3.8) is 0 Å². The first-order valence-electron chi connectivity index (χ1n) is 6.53. The Morgan fingerprint density at radius 1 is 1.14 bits per heavy atom. The molecule has 5 heteroatoms. The third kappa shape index (κ3) is 2.67. The Labute approximate surface area is 120 Å². The lowest BCUT2D eigenvalue weighted by molar-refractivity contribution is 0.0952. The second-order valence-electron chi connectivity index (χ2n) is 4.62. The van der Waals surface area contributed by atoms with Crippen molar-refractivity contribution in [2.45, 2.75) is 6.54 Å². The maximum Gasteiger partial charge on any atom is 0.255 e. The van der Waals surface area contributed by atoms with Crippen molar-refractivity contribution in [2.75, 3.05) is 0 Å². The molecule has 1 aromatic carbocycles. The molecule has 0 aliphatic carbocycles. The number of nitrogens with zero attached hydrogens (tertiary/aromatic N) is 1. The molecule has 21 heavy (non-hydrogen) atoms. The molecule has 2 heterocycles. The van der Waals surface area contributed by atoms with Gasteiger partial charge in [0.1, 0.15) is 0 Å². The van der Waals surface area contributed by atoms with Gasteiger partial charge < -0.3 is 10.3 Å². The Bertz CT molecular complexity index is 841. The van der Waals surface area contributed by atoms with Crippen LogP contribution < -0.4 is 10.9 Å². The van der Waals surface area contributed by atoms with Gasteiger partial charge in [-0.05, 0) is 17.7 Å². The van der Waals surface area contributed by atoms with Crippen molar-refractivity contribution in [1.82, 2.24) is 15.3 Å². The van der Waals surface area contributed by atoms with Gasteiger partial charge in [0.05, 0.1) is 5.56 Å². The number of carbonyl (C=O) groups is 1. The smallest absolute Gasteiger partial charge is 0.255 e. The number of rotatable bonds is 3. The maximum absolute atomic E-state index is 12.3.